The van der Waals surface area contributed by atoms with Crippen molar-refractivity contribution in [3.8, 4) is 0 Å². The van der Waals surface area contributed by atoms with E-state index in [4.69, 9.17) is 0 Å². The molecule has 2 aliphatic rings. The van der Waals surface area contributed by atoms with Gasteiger partial charge in [-0.3, -0.25) is 4.90 Å². The maximum atomic E-state index is 2.66. The maximum Gasteiger partial charge on any atom is 0.0588 e. The van der Waals surface area contributed by atoms with E-state index in [1.807, 2.05) is 0 Å². The Balaban J connectivity index is 2.18. The number of hydrogen-bond donors (Lipinski definition) is 0. The topological polar surface area (TPSA) is 8.17 Å². The number of nitrogens with zero attached hydrogens (tertiary/aromatic N) is 2. The first-order chi connectivity index (χ1) is 6.72. The van der Waals surface area contributed by atoms with Gasteiger partial charge < -0.3 is 4.57 Å². The van der Waals surface area contributed by atoms with E-state index in [0.29, 0.717) is 5.54 Å². The molecule has 0 spiro atoms. The lowest BCUT2D eigenvalue weighted by molar-refractivity contribution is 0.135. The highest BCUT2D eigenvalue weighted by Gasteiger charge is 2.43. The summed E-state index contributed by atoms with van der Waals surface area (Å²) in [6.07, 6.45) is 6.16. The summed E-state index contributed by atoms with van der Waals surface area (Å²) in [6.45, 7) is 4.96. The molecule has 76 valence electrons. The summed E-state index contributed by atoms with van der Waals surface area (Å²) in [6, 6.07) is 2.30. The van der Waals surface area contributed by atoms with Crippen molar-refractivity contribution in [1.82, 2.24) is 9.47 Å². The van der Waals surface area contributed by atoms with E-state index < -0.39 is 0 Å². The van der Waals surface area contributed by atoms with Crippen LogP contribution >= 0.6 is 0 Å². The van der Waals surface area contributed by atoms with Crippen LogP contribution in [-0.4, -0.2) is 22.6 Å². The van der Waals surface area contributed by atoms with E-state index >= 15 is 0 Å². The minimum atomic E-state index is 0.339. The van der Waals surface area contributed by atoms with Gasteiger partial charge in [0.25, 0.3) is 0 Å². The predicted molar refractivity (Wildman–Crippen MR) is 57.3 cm³/mol. The average Bonchev–Trinajstić information content (AvgIpc) is 2.69. The third kappa shape index (κ3) is 0.897. The summed E-state index contributed by atoms with van der Waals surface area (Å²) in [4.78, 5) is 2.66. The zero-order valence-corrected chi connectivity index (χ0v) is 9.08. The Morgan fingerprint density at radius 3 is 3.07 bits per heavy atom. The van der Waals surface area contributed by atoms with Crippen molar-refractivity contribution >= 4 is 0 Å². The second-order valence-corrected chi connectivity index (χ2v) is 4.91. The number of rotatable bonds is 0. The van der Waals surface area contributed by atoms with Gasteiger partial charge in [0, 0.05) is 25.5 Å². The fraction of sp³-hybridized carbons (Fsp3) is 0.667. The Hall–Kier alpha value is -0.760. The molecule has 1 saturated heterocycles. The van der Waals surface area contributed by atoms with Crippen LogP contribution in [-0.2, 0) is 19.0 Å². The summed E-state index contributed by atoms with van der Waals surface area (Å²) in [5.74, 6) is 0. The highest BCUT2D eigenvalue weighted by atomic mass is 15.2. The van der Waals surface area contributed by atoms with Crippen molar-refractivity contribution < 1.29 is 0 Å². The lowest BCUT2D eigenvalue weighted by Crippen LogP contribution is -2.44. The molecule has 0 radical (unpaired) electrons. The third-order valence-electron chi connectivity index (χ3n) is 4.11. The van der Waals surface area contributed by atoms with E-state index in [-0.39, 0.29) is 0 Å². The van der Waals surface area contributed by atoms with Crippen LogP contribution in [0.3, 0.4) is 0 Å². The van der Waals surface area contributed by atoms with E-state index in [0.717, 1.165) is 0 Å². The molecule has 0 aromatic carbocycles. The standard InChI is InChI=1S/C12H18N2/c1-12-6-3-7-14(12)9-5-10-4-8-13(2)11(10)12/h4,8H,3,5-7,9H2,1-2H3. The quantitative estimate of drug-likeness (QED) is 0.606. The molecular weight excluding hydrogens is 172 g/mol. The van der Waals surface area contributed by atoms with Gasteiger partial charge in [-0.2, -0.15) is 0 Å². The molecule has 2 aliphatic heterocycles. The van der Waals surface area contributed by atoms with Crippen LogP contribution in [0.15, 0.2) is 12.3 Å². The zero-order valence-electron chi connectivity index (χ0n) is 9.08. The van der Waals surface area contributed by atoms with E-state index in [9.17, 15) is 0 Å². The monoisotopic (exact) mass is 190 g/mol. The highest BCUT2D eigenvalue weighted by molar-refractivity contribution is 5.33. The molecule has 0 amide bonds. The lowest BCUT2D eigenvalue weighted by Gasteiger charge is -2.40. The minimum absolute atomic E-state index is 0.339. The van der Waals surface area contributed by atoms with Crippen LogP contribution in [0.5, 0.6) is 0 Å². The van der Waals surface area contributed by atoms with Crippen LogP contribution in [0.25, 0.3) is 0 Å². The van der Waals surface area contributed by atoms with Gasteiger partial charge in [-0.1, -0.05) is 0 Å². The minimum Gasteiger partial charge on any atom is -0.353 e. The van der Waals surface area contributed by atoms with E-state index in [2.05, 4.69) is 35.7 Å². The third-order valence-corrected chi connectivity index (χ3v) is 4.11. The van der Waals surface area contributed by atoms with Gasteiger partial charge in [0.1, 0.15) is 0 Å². The van der Waals surface area contributed by atoms with Crippen LogP contribution in [0.2, 0.25) is 0 Å². The molecule has 0 bridgehead atoms. The summed E-state index contributed by atoms with van der Waals surface area (Å²) >= 11 is 0. The van der Waals surface area contributed by atoms with Crippen LogP contribution in [0.4, 0.5) is 0 Å². The molecule has 1 fully saturated rings. The largest absolute Gasteiger partial charge is 0.353 e. The molecule has 2 nitrogen and oxygen atoms in total. The summed E-state index contributed by atoms with van der Waals surface area (Å²) < 4.78 is 2.33. The Kier molecular flexibility index (Phi) is 1.61. The summed E-state index contributed by atoms with van der Waals surface area (Å²) in [7, 11) is 2.19. The molecule has 1 aromatic heterocycles. The molecule has 3 heterocycles. The highest BCUT2D eigenvalue weighted by Crippen LogP contribution is 2.42. The van der Waals surface area contributed by atoms with Gasteiger partial charge in [0.2, 0.25) is 0 Å². The molecule has 0 aliphatic carbocycles. The summed E-state index contributed by atoms with van der Waals surface area (Å²) in [5, 5.41) is 0. The van der Waals surface area contributed by atoms with Gasteiger partial charge in [0.05, 0.1) is 5.54 Å². The number of aryl methyl sites for hydroxylation is 1. The normalized spacial score (nSPS) is 31.6. The van der Waals surface area contributed by atoms with Crippen molar-refractivity contribution in [2.24, 2.45) is 7.05 Å². The summed E-state index contributed by atoms with van der Waals surface area (Å²) in [5.41, 5.74) is 3.49. The SMILES string of the molecule is Cn1ccc2c1C1(C)CCCN1CC2. The van der Waals surface area contributed by atoms with Crippen molar-refractivity contribution in [2.45, 2.75) is 31.7 Å². The number of aromatic nitrogens is 1. The molecule has 2 heteroatoms. The zero-order chi connectivity index (χ0) is 9.76. The molecule has 1 unspecified atom stereocenters. The van der Waals surface area contributed by atoms with Crippen molar-refractivity contribution in [1.29, 1.82) is 0 Å². The second-order valence-electron chi connectivity index (χ2n) is 4.91. The molecule has 14 heavy (non-hydrogen) atoms. The van der Waals surface area contributed by atoms with E-state index in [1.54, 1.807) is 11.3 Å². The average molecular weight is 190 g/mol. The predicted octanol–water partition coefficient (Wildman–Crippen LogP) is 1.89. The first-order valence-electron chi connectivity index (χ1n) is 5.61. The fourth-order valence-corrected chi connectivity index (χ4v) is 3.41. The van der Waals surface area contributed by atoms with Gasteiger partial charge in [0.15, 0.2) is 0 Å². The van der Waals surface area contributed by atoms with Crippen molar-refractivity contribution in [2.75, 3.05) is 13.1 Å². The fourth-order valence-electron chi connectivity index (χ4n) is 3.41. The van der Waals surface area contributed by atoms with E-state index in [1.165, 1.54) is 32.4 Å². The number of fused-ring (bicyclic) bond motifs is 3. The number of hydrogen-bond acceptors (Lipinski definition) is 1. The van der Waals surface area contributed by atoms with Crippen LogP contribution < -0.4 is 0 Å². The Bertz CT molecular complexity index is 366. The first kappa shape index (κ1) is 8.54. The van der Waals surface area contributed by atoms with Crippen molar-refractivity contribution in [3.63, 3.8) is 0 Å². The Morgan fingerprint density at radius 1 is 1.36 bits per heavy atom. The van der Waals surface area contributed by atoms with Gasteiger partial charge in [-0.25, -0.2) is 0 Å². The van der Waals surface area contributed by atoms with Crippen LogP contribution in [0, 0.1) is 0 Å². The molecule has 3 rings (SSSR count). The Morgan fingerprint density at radius 2 is 2.21 bits per heavy atom. The Labute approximate surface area is 85.5 Å². The second kappa shape index (κ2) is 2.63. The lowest BCUT2D eigenvalue weighted by atomic mass is 9.87. The van der Waals surface area contributed by atoms with Gasteiger partial charge in [-0.15, -0.1) is 0 Å². The van der Waals surface area contributed by atoms with Crippen molar-refractivity contribution in [3.05, 3.63) is 23.5 Å². The molecule has 1 atom stereocenters. The van der Waals surface area contributed by atoms with Gasteiger partial charge in [-0.05, 0) is 44.4 Å². The van der Waals surface area contributed by atoms with Crippen LogP contribution in [0.1, 0.15) is 31.0 Å². The molecule has 0 N–H and O–H groups in total. The molecule has 1 aromatic rings. The molecular formula is C12H18N2. The van der Waals surface area contributed by atoms with Gasteiger partial charge >= 0.3 is 0 Å². The molecule has 0 saturated carbocycles. The first-order valence-corrected chi connectivity index (χ1v) is 5.61. The smallest absolute Gasteiger partial charge is 0.0588 e. The maximum absolute atomic E-state index is 2.66.